The number of hydrogen-bond acceptors (Lipinski definition) is 1. The SMILES string of the molecule is CC(C)N1CCc2ccbcc21. The van der Waals surface area contributed by atoms with Gasteiger partial charge in [-0.15, -0.1) is 0 Å². The maximum absolute atomic E-state index is 2.47. The summed E-state index contributed by atoms with van der Waals surface area (Å²) in [5.74, 6) is 4.35. The van der Waals surface area contributed by atoms with Gasteiger partial charge < -0.3 is 0 Å². The second kappa shape index (κ2) is 2.93. The van der Waals surface area contributed by atoms with Gasteiger partial charge in [-0.2, -0.15) is 0 Å². The third-order valence-corrected chi connectivity index (χ3v) is 2.55. The van der Waals surface area contributed by atoms with Crippen LogP contribution >= 0.6 is 0 Å². The molecule has 0 saturated carbocycles. The number of fused-ring (bicyclic) bond motifs is 1. The van der Waals surface area contributed by atoms with Crippen molar-refractivity contribution in [1.29, 1.82) is 0 Å². The van der Waals surface area contributed by atoms with Crippen molar-refractivity contribution in [2.24, 2.45) is 0 Å². The van der Waals surface area contributed by atoms with Crippen molar-refractivity contribution in [2.45, 2.75) is 26.3 Å². The number of anilines is 1. The van der Waals surface area contributed by atoms with Crippen molar-refractivity contribution in [2.75, 3.05) is 11.4 Å². The van der Waals surface area contributed by atoms with Crippen molar-refractivity contribution in [3.8, 4) is 0 Å². The van der Waals surface area contributed by atoms with Crippen LogP contribution in [0.3, 0.4) is 0 Å². The van der Waals surface area contributed by atoms with Crippen LogP contribution in [0.2, 0.25) is 0 Å². The average Bonchev–Trinajstić information content (AvgIpc) is 2.47. The van der Waals surface area contributed by atoms with Gasteiger partial charge in [-0.05, 0) is 0 Å². The first kappa shape index (κ1) is 7.84. The predicted octanol–water partition coefficient (Wildman–Crippen LogP) is 1.80. The van der Waals surface area contributed by atoms with E-state index in [9.17, 15) is 0 Å². The zero-order valence-corrected chi connectivity index (χ0v) is 7.75. The molecule has 0 bridgehead atoms. The second-order valence-electron chi connectivity index (χ2n) is 3.67. The van der Waals surface area contributed by atoms with Crippen molar-refractivity contribution >= 4 is 12.6 Å². The first-order valence-corrected chi connectivity index (χ1v) is 4.63. The molecule has 0 fully saturated rings. The van der Waals surface area contributed by atoms with E-state index in [1.807, 2.05) is 0 Å². The Labute approximate surface area is 74.6 Å². The minimum atomic E-state index is 0.633. The monoisotopic (exact) mass is 159 g/mol. The predicted molar refractivity (Wildman–Crippen MR) is 54.0 cm³/mol. The van der Waals surface area contributed by atoms with Gasteiger partial charge in [-0.1, -0.05) is 0 Å². The van der Waals surface area contributed by atoms with E-state index < -0.39 is 0 Å². The molecule has 1 aliphatic rings. The van der Waals surface area contributed by atoms with Crippen LogP contribution in [-0.4, -0.2) is 19.5 Å². The molecule has 1 nitrogen and oxygen atoms in total. The molecule has 0 aromatic carbocycles. The van der Waals surface area contributed by atoms with Crippen LogP contribution in [0.25, 0.3) is 0 Å². The first-order chi connectivity index (χ1) is 5.79. The Bertz CT molecular complexity index is 283. The molecule has 0 atom stereocenters. The molecular weight excluding hydrogens is 145 g/mol. The number of rotatable bonds is 1. The van der Waals surface area contributed by atoms with Crippen molar-refractivity contribution in [1.82, 2.24) is 0 Å². The molecule has 0 N–H and O–H groups in total. The van der Waals surface area contributed by atoms with Gasteiger partial charge in [0.15, 0.2) is 0 Å². The van der Waals surface area contributed by atoms with E-state index >= 15 is 0 Å². The van der Waals surface area contributed by atoms with Crippen LogP contribution in [0, 0.1) is 0 Å². The summed E-state index contributed by atoms with van der Waals surface area (Å²) in [6.07, 6.45) is 1.22. The Morgan fingerprint density at radius 1 is 1.50 bits per heavy atom. The summed E-state index contributed by atoms with van der Waals surface area (Å²) in [6, 6.07) is 2.87. The molecule has 2 rings (SSSR count). The zero-order valence-electron chi connectivity index (χ0n) is 7.75. The van der Waals surface area contributed by atoms with E-state index in [1.54, 1.807) is 0 Å². The molecule has 1 aliphatic heterocycles. The molecule has 0 radical (unpaired) electrons. The Morgan fingerprint density at radius 2 is 2.33 bits per heavy atom. The quantitative estimate of drug-likeness (QED) is 0.603. The van der Waals surface area contributed by atoms with E-state index in [4.69, 9.17) is 0 Å². The van der Waals surface area contributed by atoms with E-state index in [1.165, 1.54) is 24.2 Å². The molecule has 0 unspecified atom stereocenters. The normalized spacial score (nSPS) is 15.1. The molecule has 1 aromatic heterocycles. The van der Waals surface area contributed by atoms with Gasteiger partial charge in [-0.25, -0.2) is 0 Å². The van der Waals surface area contributed by atoms with Crippen molar-refractivity contribution in [3.05, 3.63) is 23.6 Å². The minimum absolute atomic E-state index is 0.633. The van der Waals surface area contributed by atoms with Gasteiger partial charge in [0.2, 0.25) is 0 Å². The molecule has 0 amide bonds. The molecule has 0 spiro atoms. The van der Waals surface area contributed by atoms with Crippen molar-refractivity contribution < 1.29 is 0 Å². The Balaban J connectivity index is 2.36. The third-order valence-electron chi connectivity index (χ3n) is 2.55. The summed E-state index contributed by atoms with van der Waals surface area (Å²) in [5, 5.41) is 0. The molecule has 12 heavy (non-hydrogen) atoms. The summed E-state index contributed by atoms with van der Waals surface area (Å²) < 4.78 is 0. The van der Waals surface area contributed by atoms with Gasteiger partial charge in [0.25, 0.3) is 0 Å². The van der Waals surface area contributed by atoms with Crippen LogP contribution in [0.5, 0.6) is 0 Å². The number of hydrogen-bond donors (Lipinski definition) is 0. The van der Waals surface area contributed by atoms with Crippen LogP contribution in [0.15, 0.2) is 18.0 Å². The van der Waals surface area contributed by atoms with Crippen LogP contribution in [-0.2, 0) is 6.42 Å². The summed E-state index contributed by atoms with van der Waals surface area (Å²) in [4.78, 5) is 2.47. The standard InChI is InChI=1S/C10H14BN/c1-8(2)12-6-4-9-3-5-11-7-10(9)12/h3,5,7-8H,4,6H2,1-2H3. The van der Waals surface area contributed by atoms with Crippen LogP contribution in [0.1, 0.15) is 19.4 Å². The average molecular weight is 159 g/mol. The number of nitrogens with zero attached hydrogens (tertiary/aromatic N) is 1. The Kier molecular flexibility index (Phi) is 1.91. The first-order valence-electron chi connectivity index (χ1n) is 4.63. The van der Waals surface area contributed by atoms with Gasteiger partial charge in [0, 0.05) is 0 Å². The third kappa shape index (κ3) is 1.15. The summed E-state index contributed by atoms with van der Waals surface area (Å²) in [7, 11) is 0. The van der Waals surface area contributed by atoms with Gasteiger partial charge in [0.05, 0.1) is 0 Å². The Hall–Kier alpha value is -0.785. The summed E-state index contributed by atoms with van der Waals surface area (Å²) in [6.45, 7) is 7.82. The van der Waals surface area contributed by atoms with Gasteiger partial charge in [-0.3, -0.25) is 0 Å². The summed E-state index contributed by atoms with van der Waals surface area (Å²) >= 11 is 0. The van der Waals surface area contributed by atoms with Crippen LogP contribution in [0.4, 0.5) is 5.69 Å². The zero-order chi connectivity index (χ0) is 8.55. The fourth-order valence-electron chi connectivity index (χ4n) is 1.90. The van der Waals surface area contributed by atoms with Gasteiger partial charge in [0.1, 0.15) is 0 Å². The van der Waals surface area contributed by atoms with E-state index in [0.29, 0.717) is 6.04 Å². The van der Waals surface area contributed by atoms with Crippen LogP contribution < -0.4 is 4.90 Å². The molecule has 0 saturated heterocycles. The van der Waals surface area contributed by atoms with Gasteiger partial charge >= 0.3 is 73.9 Å². The topological polar surface area (TPSA) is 3.24 Å². The second-order valence-corrected chi connectivity index (χ2v) is 3.67. The van der Waals surface area contributed by atoms with E-state index in [0.717, 1.165) is 0 Å². The summed E-state index contributed by atoms with van der Waals surface area (Å²) in [5.41, 5.74) is 2.94. The molecule has 0 aliphatic carbocycles. The van der Waals surface area contributed by atoms with E-state index in [2.05, 4.69) is 43.6 Å². The Morgan fingerprint density at radius 3 is 3.08 bits per heavy atom. The van der Waals surface area contributed by atoms with E-state index in [-0.39, 0.29) is 0 Å². The maximum atomic E-state index is 2.47. The molecular formula is C10H14BN. The molecule has 2 heterocycles. The molecule has 1 aromatic rings. The fraction of sp³-hybridized carbons (Fsp3) is 0.500. The molecule has 62 valence electrons. The fourth-order valence-corrected chi connectivity index (χ4v) is 1.90. The van der Waals surface area contributed by atoms with Crippen molar-refractivity contribution in [3.63, 3.8) is 0 Å². The molecule has 2 heteroatoms.